The largest absolute Gasteiger partial charge is 0.503 e. The summed E-state index contributed by atoms with van der Waals surface area (Å²) < 4.78 is 0. The van der Waals surface area contributed by atoms with Crippen molar-refractivity contribution in [2.24, 2.45) is 0 Å². The topological polar surface area (TPSA) is 92.3 Å². The standard InChI is InChI=1S/C7H10N4O2/c1-11(2)7(13)4-5(12)6(8)10-3-9-4/h3,12H,1-2H3,(H2,8,9,10). The zero-order chi connectivity index (χ0) is 10.0. The Morgan fingerprint density at radius 2 is 2.15 bits per heavy atom. The normalized spacial score (nSPS) is 9.69. The molecule has 0 aliphatic rings. The highest BCUT2D eigenvalue weighted by Crippen LogP contribution is 2.20. The molecule has 70 valence electrons. The van der Waals surface area contributed by atoms with Crippen molar-refractivity contribution in [1.82, 2.24) is 14.9 Å². The predicted molar refractivity (Wildman–Crippen MR) is 46.1 cm³/mol. The molecule has 0 bridgehead atoms. The number of nitrogen functional groups attached to an aromatic ring is 1. The van der Waals surface area contributed by atoms with E-state index in [1.54, 1.807) is 14.1 Å². The Balaban J connectivity index is 3.15. The summed E-state index contributed by atoms with van der Waals surface area (Å²) in [7, 11) is 3.11. The Hall–Kier alpha value is -1.85. The van der Waals surface area contributed by atoms with Crippen LogP contribution in [0.15, 0.2) is 6.33 Å². The van der Waals surface area contributed by atoms with Crippen LogP contribution in [0.1, 0.15) is 10.5 Å². The van der Waals surface area contributed by atoms with Gasteiger partial charge in [-0.05, 0) is 0 Å². The summed E-state index contributed by atoms with van der Waals surface area (Å²) in [6, 6.07) is 0. The molecule has 0 radical (unpaired) electrons. The molecule has 0 unspecified atom stereocenters. The minimum atomic E-state index is -0.411. The van der Waals surface area contributed by atoms with Crippen LogP contribution in [0.25, 0.3) is 0 Å². The summed E-state index contributed by atoms with van der Waals surface area (Å²) in [6.07, 6.45) is 1.13. The molecule has 1 rings (SSSR count). The number of hydrogen-bond donors (Lipinski definition) is 2. The molecule has 0 aliphatic carbocycles. The number of carbonyl (C=O) groups excluding carboxylic acids is 1. The maximum absolute atomic E-state index is 11.3. The molecule has 0 atom stereocenters. The Morgan fingerprint density at radius 1 is 1.54 bits per heavy atom. The minimum Gasteiger partial charge on any atom is -0.503 e. The summed E-state index contributed by atoms with van der Waals surface area (Å²) in [5.41, 5.74) is 5.20. The van der Waals surface area contributed by atoms with E-state index in [0.717, 1.165) is 6.33 Å². The van der Waals surface area contributed by atoms with Crippen molar-refractivity contribution < 1.29 is 9.90 Å². The molecule has 6 heteroatoms. The first-order valence-electron chi connectivity index (χ1n) is 3.55. The minimum absolute atomic E-state index is 0.0856. The van der Waals surface area contributed by atoms with E-state index in [9.17, 15) is 9.90 Å². The number of nitrogens with two attached hydrogens (primary N) is 1. The van der Waals surface area contributed by atoms with Crippen molar-refractivity contribution in [2.75, 3.05) is 19.8 Å². The molecule has 0 saturated heterocycles. The van der Waals surface area contributed by atoms with E-state index in [1.807, 2.05) is 0 Å². The second-order valence-corrected chi connectivity index (χ2v) is 2.66. The average Bonchev–Trinajstić information content (AvgIpc) is 2.08. The van der Waals surface area contributed by atoms with Crippen LogP contribution >= 0.6 is 0 Å². The van der Waals surface area contributed by atoms with Crippen LogP contribution in [0.2, 0.25) is 0 Å². The van der Waals surface area contributed by atoms with Gasteiger partial charge in [-0.1, -0.05) is 0 Å². The fourth-order valence-corrected chi connectivity index (χ4v) is 0.761. The molecule has 0 aromatic carbocycles. The zero-order valence-corrected chi connectivity index (χ0v) is 7.35. The third kappa shape index (κ3) is 1.66. The second-order valence-electron chi connectivity index (χ2n) is 2.66. The molecular formula is C7H10N4O2. The number of hydrogen-bond acceptors (Lipinski definition) is 5. The lowest BCUT2D eigenvalue weighted by molar-refractivity contribution is 0.0818. The Labute approximate surface area is 75.0 Å². The van der Waals surface area contributed by atoms with Gasteiger partial charge in [-0.2, -0.15) is 0 Å². The molecule has 1 heterocycles. The predicted octanol–water partition coefficient (Wildman–Crippen LogP) is -0.534. The van der Waals surface area contributed by atoms with Crippen LogP contribution < -0.4 is 5.73 Å². The molecule has 13 heavy (non-hydrogen) atoms. The van der Waals surface area contributed by atoms with Gasteiger partial charge in [0.25, 0.3) is 5.91 Å². The van der Waals surface area contributed by atoms with Gasteiger partial charge in [0.15, 0.2) is 17.3 Å². The van der Waals surface area contributed by atoms with Crippen LogP contribution in [0.4, 0.5) is 5.82 Å². The van der Waals surface area contributed by atoms with Gasteiger partial charge in [0.2, 0.25) is 0 Å². The Morgan fingerprint density at radius 3 is 2.69 bits per heavy atom. The highest BCUT2D eigenvalue weighted by molar-refractivity contribution is 5.95. The maximum Gasteiger partial charge on any atom is 0.276 e. The van der Waals surface area contributed by atoms with Crippen LogP contribution in [-0.2, 0) is 0 Å². The van der Waals surface area contributed by atoms with Crippen molar-refractivity contribution in [1.29, 1.82) is 0 Å². The van der Waals surface area contributed by atoms with Gasteiger partial charge in [0, 0.05) is 14.1 Å². The molecule has 1 amide bonds. The first-order chi connectivity index (χ1) is 6.04. The van der Waals surface area contributed by atoms with Crippen molar-refractivity contribution in [2.45, 2.75) is 0 Å². The van der Waals surface area contributed by atoms with Crippen LogP contribution in [-0.4, -0.2) is 40.0 Å². The molecule has 0 fully saturated rings. The monoisotopic (exact) mass is 182 g/mol. The second kappa shape index (κ2) is 3.26. The number of amides is 1. The molecule has 0 aliphatic heterocycles. The first-order valence-corrected chi connectivity index (χ1v) is 3.55. The molecule has 3 N–H and O–H groups in total. The van der Waals surface area contributed by atoms with E-state index >= 15 is 0 Å². The summed E-state index contributed by atoms with van der Waals surface area (Å²) in [6.45, 7) is 0. The van der Waals surface area contributed by atoms with Crippen molar-refractivity contribution >= 4 is 11.7 Å². The molecule has 1 aromatic heterocycles. The van der Waals surface area contributed by atoms with Crippen LogP contribution in [0.5, 0.6) is 5.75 Å². The Bertz CT molecular complexity index is 337. The highest BCUT2D eigenvalue weighted by atomic mass is 16.3. The Kier molecular flexibility index (Phi) is 2.32. The number of nitrogens with zero attached hydrogens (tertiary/aromatic N) is 3. The highest BCUT2D eigenvalue weighted by Gasteiger charge is 2.16. The van der Waals surface area contributed by atoms with Gasteiger partial charge in [0.05, 0.1) is 0 Å². The van der Waals surface area contributed by atoms with Crippen LogP contribution in [0, 0.1) is 0 Å². The van der Waals surface area contributed by atoms with Gasteiger partial charge in [-0.25, -0.2) is 9.97 Å². The molecule has 1 aromatic rings. The maximum atomic E-state index is 11.3. The van der Waals surface area contributed by atoms with Crippen molar-refractivity contribution in [3.05, 3.63) is 12.0 Å². The lowest BCUT2D eigenvalue weighted by Gasteiger charge is -2.10. The molecule has 0 spiro atoms. The van der Waals surface area contributed by atoms with Crippen molar-refractivity contribution in [3.8, 4) is 5.75 Å². The van der Waals surface area contributed by atoms with Gasteiger partial charge >= 0.3 is 0 Å². The number of anilines is 1. The quantitative estimate of drug-likeness (QED) is 0.608. The summed E-state index contributed by atoms with van der Waals surface area (Å²) in [4.78, 5) is 19.8. The molecule has 0 saturated carbocycles. The third-order valence-corrected chi connectivity index (χ3v) is 1.46. The fraction of sp³-hybridized carbons (Fsp3) is 0.286. The van der Waals surface area contributed by atoms with Crippen LogP contribution in [0.3, 0.4) is 0 Å². The summed E-state index contributed by atoms with van der Waals surface area (Å²) >= 11 is 0. The summed E-state index contributed by atoms with van der Waals surface area (Å²) in [5, 5.41) is 9.32. The first kappa shape index (κ1) is 9.24. The number of rotatable bonds is 1. The van der Waals surface area contributed by atoms with E-state index < -0.39 is 5.91 Å². The van der Waals surface area contributed by atoms with Crippen molar-refractivity contribution in [3.63, 3.8) is 0 Å². The van der Waals surface area contributed by atoms with Gasteiger partial charge in [-0.15, -0.1) is 0 Å². The lowest BCUT2D eigenvalue weighted by Crippen LogP contribution is -2.23. The van der Waals surface area contributed by atoms with E-state index in [-0.39, 0.29) is 17.3 Å². The van der Waals surface area contributed by atoms with E-state index in [2.05, 4.69) is 9.97 Å². The third-order valence-electron chi connectivity index (χ3n) is 1.46. The number of aromatic hydroxyl groups is 1. The smallest absolute Gasteiger partial charge is 0.276 e. The molecule has 6 nitrogen and oxygen atoms in total. The zero-order valence-electron chi connectivity index (χ0n) is 7.35. The molecular weight excluding hydrogens is 172 g/mol. The average molecular weight is 182 g/mol. The van der Waals surface area contributed by atoms with E-state index in [0.29, 0.717) is 0 Å². The van der Waals surface area contributed by atoms with E-state index in [1.165, 1.54) is 4.90 Å². The SMILES string of the molecule is CN(C)C(=O)c1ncnc(N)c1O. The number of carbonyl (C=O) groups is 1. The van der Waals surface area contributed by atoms with Gasteiger partial charge in [0.1, 0.15) is 6.33 Å². The fourth-order valence-electron chi connectivity index (χ4n) is 0.761. The van der Waals surface area contributed by atoms with Gasteiger partial charge < -0.3 is 15.7 Å². The van der Waals surface area contributed by atoms with E-state index in [4.69, 9.17) is 5.73 Å². The van der Waals surface area contributed by atoms with Gasteiger partial charge in [-0.3, -0.25) is 4.79 Å². The summed E-state index contributed by atoms with van der Waals surface area (Å²) in [5.74, 6) is -0.881. The lowest BCUT2D eigenvalue weighted by atomic mass is 10.3. The number of aromatic nitrogens is 2.